The molecule has 3 atom stereocenters. The highest BCUT2D eigenvalue weighted by Gasteiger charge is 2.70. The molecule has 0 bridgehead atoms. The second-order valence-corrected chi connectivity index (χ2v) is 6.19. The van der Waals surface area contributed by atoms with Crippen LogP contribution >= 0.6 is 0 Å². The molecule has 24 heavy (non-hydrogen) atoms. The van der Waals surface area contributed by atoms with E-state index in [-0.39, 0.29) is 18.6 Å². The minimum atomic E-state index is -1.93. The number of fused-ring (bicyclic) bond motifs is 3. The van der Waals surface area contributed by atoms with Crippen LogP contribution < -0.4 is 0 Å². The van der Waals surface area contributed by atoms with Crippen LogP contribution in [0.1, 0.15) is 36.2 Å². The van der Waals surface area contributed by atoms with Crippen LogP contribution in [-0.2, 0) is 24.8 Å². The van der Waals surface area contributed by atoms with Gasteiger partial charge in [0.1, 0.15) is 11.5 Å². The molecule has 128 valence electrons. The Morgan fingerprint density at radius 3 is 2.67 bits per heavy atom. The number of rotatable bonds is 3. The Morgan fingerprint density at radius 1 is 1.38 bits per heavy atom. The molecule has 3 rings (SSSR count). The minimum Gasteiger partial charge on any atom is -0.467 e. The molecule has 2 aliphatic rings. The van der Waals surface area contributed by atoms with Crippen molar-refractivity contribution in [3.05, 3.63) is 35.4 Å². The summed E-state index contributed by atoms with van der Waals surface area (Å²) in [5, 5.41) is 11.4. The predicted molar refractivity (Wildman–Crippen MR) is 81.7 cm³/mol. The van der Waals surface area contributed by atoms with E-state index in [0.717, 1.165) is 4.90 Å². The first kappa shape index (κ1) is 16.4. The molecule has 0 unspecified atom stereocenters. The van der Waals surface area contributed by atoms with Gasteiger partial charge in [0.15, 0.2) is 5.72 Å². The summed E-state index contributed by atoms with van der Waals surface area (Å²) in [4.78, 5) is 38.7. The Hall–Kier alpha value is -2.41. The van der Waals surface area contributed by atoms with Crippen LogP contribution in [0.15, 0.2) is 24.3 Å². The fourth-order valence-corrected chi connectivity index (χ4v) is 3.85. The topological polar surface area (TPSA) is 93.1 Å². The molecule has 2 aliphatic heterocycles. The van der Waals surface area contributed by atoms with E-state index in [0.29, 0.717) is 5.56 Å². The first-order valence-electron chi connectivity index (χ1n) is 7.74. The number of carbonyl (C=O) groups excluding carboxylic acids is 3. The Bertz CT molecular complexity index is 732. The molecule has 2 heterocycles. The Balaban J connectivity index is 2.21. The lowest BCUT2D eigenvalue weighted by Crippen LogP contribution is -2.55. The van der Waals surface area contributed by atoms with Crippen LogP contribution in [0.5, 0.6) is 0 Å². The molecule has 0 radical (unpaired) electrons. The molecule has 0 aliphatic carbocycles. The van der Waals surface area contributed by atoms with Crippen molar-refractivity contribution in [2.45, 2.75) is 31.5 Å². The molecule has 7 heteroatoms. The molecule has 1 amide bonds. The van der Waals surface area contributed by atoms with E-state index in [9.17, 15) is 19.5 Å². The van der Waals surface area contributed by atoms with Gasteiger partial charge in [-0.3, -0.25) is 14.5 Å². The third-order valence-corrected chi connectivity index (χ3v) is 4.88. The Labute approximate surface area is 139 Å². The molecule has 0 spiro atoms. The number of carbonyl (C=O) groups is 3. The highest BCUT2D eigenvalue weighted by atomic mass is 16.5. The number of methoxy groups -OCH3 is 1. The summed E-state index contributed by atoms with van der Waals surface area (Å²) in [6.07, 6.45) is -0.0743. The Kier molecular flexibility index (Phi) is 3.64. The number of amides is 1. The van der Waals surface area contributed by atoms with Gasteiger partial charge in [-0.1, -0.05) is 18.2 Å². The molecule has 1 fully saturated rings. The number of ether oxygens (including phenoxy) is 2. The SMILES string of the molecule is CCOC(=O)[C@@H]1C[C@@](C)(C(=O)OC)N2C(=O)c3ccccc3[C@@]12O. The molecule has 1 saturated heterocycles. The number of nitrogens with zero attached hydrogens (tertiary/aromatic N) is 1. The van der Waals surface area contributed by atoms with Crippen LogP contribution in [0.3, 0.4) is 0 Å². The van der Waals surface area contributed by atoms with Crippen LogP contribution in [0, 0.1) is 5.92 Å². The molecule has 1 aromatic carbocycles. The van der Waals surface area contributed by atoms with Crippen molar-refractivity contribution in [3.8, 4) is 0 Å². The second kappa shape index (κ2) is 5.31. The first-order valence-corrected chi connectivity index (χ1v) is 7.74. The van der Waals surface area contributed by atoms with E-state index in [1.807, 2.05) is 0 Å². The fraction of sp³-hybridized carbons (Fsp3) is 0.471. The molecule has 1 aromatic rings. The molecule has 1 N–H and O–H groups in total. The molecular weight excluding hydrogens is 314 g/mol. The Morgan fingerprint density at radius 2 is 2.04 bits per heavy atom. The van der Waals surface area contributed by atoms with Gasteiger partial charge in [0.2, 0.25) is 0 Å². The van der Waals surface area contributed by atoms with Crippen molar-refractivity contribution in [1.82, 2.24) is 4.90 Å². The average molecular weight is 333 g/mol. The highest BCUT2D eigenvalue weighted by molar-refractivity contribution is 6.04. The summed E-state index contributed by atoms with van der Waals surface area (Å²) in [7, 11) is 1.21. The average Bonchev–Trinajstić information content (AvgIpc) is 2.96. The smallest absolute Gasteiger partial charge is 0.331 e. The van der Waals surface area contributed by atoms with Gasteiger partial charge in [-0.05, 0) is 26.3 Å². The van der Waals surface area contributed by atoms with Crippen molar-refractivity contribution >= 4 is 17.8 Å². The fourth-order valence-electron chi connectivity index (χ4n) is 3.85. The molecule has 0 aromatic heterocycles. The quantitative estimate of drug-likeness (QED) is 0.823. The lowest BCUT2D eigenvalue weighted by atomic mass is 9.86. The number of benzene rings is 1. The third kappa shape index (κ3) is 1.84. The molecule has 7 nitrogen and oxygen atoms in total. The summed E-state index contributed by atoms with van der Waals surface area (Å²) < 4.78 is 9.90. The summed E-state index contributed by atoms with van der Waals surface area (Å²) in [5.41, 5.74) is -2.82. The van der Waals surface area contributed by atoms with Crippen molar-refractivity contribution < 1.29 is 29.0 Å². The minimum absolute atomic E-state index is 0.0743. The zero-order chi connectivity index (χ0) is 17.7. The van der Waals surface area contributed by atoms with Crippen LogP contribution in [-0.4, -0.2) is 47.1 Å². The lowest BCUT2D eigenvalue weighted by molar-refractivity contribution is -0.171. The zero-order valence-electron chi connectivity index (χ0n) is 13.7. The summed E-state index contributed by atoms with van der Waals surface area (Å²) in [5.74, 6) is -2.92. The van der Waals surface area contributed by atoms with Crippen LogP contribution in [0.25, 0.3) is 0 Å². The van der Waals surface area contributed by atoms with Crippen LogP contribution in [0.4, 0.5) is 0 Å². The first-order chi connectivity index (χ1) is 11.3. The highest BCUT2D eigenvalue weighted by Crippen LogP contribution is 2.55. The predicted octanol–water partition coefficient (Wildman–Crippen LogP) is 0.802. The van der Waals surface area contributed by atoms with E-state index in [1.54, 1.807) is 31.2 Å². The van der Waals surface area contributed by atoms with Crippen molar-refractivity contribution in [1.29, 1.82) is 0 Å². The second-order valence-electron chi connectivity index (χ2n) is 6.19. The maximum Gasteiger partial charge on any atom is 0.331 e. The maximum atomic E-state index is 12.9. The van der Waals surface area contributed by atoms with Gasteiger partial charge in [0.25, 0.3) is 5.91 Å². The van der Waals surface area contributed by atoms with Gasteiger partial charge in [0.05, 0.1) is 13.7 Å². The van der Waals surface area contributed by atoms with Gasteiger partial charge in [-0.2, -0.15) is 0 Å². The van der Waals surface area contributed by atoms with Gasteiger partial charge in [0, 0.05) is 11.1 Å². The third-order valence-electron chi connectivity index (χ3n) is 4.88. The number of hydrogen-bond acceptors (Lipinski definition) is 6. The summed E-state index contributed by atoms with van der Waals surface area (Å²) in [6.45, 7) is 3.28. The zero-order valence-corrected chi connectivity index (χ0v) is 13.7. The maximum absolute atomic E-state index is 12.9. The van der Waals surface area contributed by atoms with Gasteiger partial charge < -0.3 is 14.6 Å². The van der Waals surface area contributed by atoms with Crippen molar-refractivity contribution in [2.24, 2.45) is 5.92 Å². The van der Waals surface area contributed by atoms with Crippen molar-refractivity contribution in [2.75, 3.05) is 13.7 Å². The van der Waals surface area contributed by atoms with E-state index < -0.39 is 35.0 Å². The van der Waals surface area contributed by atoms with Gasteiger partial charge >= 0.3 is 11.9 Å². The molecule has 0 saturated carbocycles. The standard InChI is InChI=1S/C17H19NO6/c1-4-24-14(20)12-9-16(2,15(21)23-3)18-13(19)10-7-5-6-8-11(10)17(12,18)22/h5-8,12,22H,4,9H2,1-3H3/t12-,16-,17+/m0/s1. The van der Waals surface area contributed by atoms with E-state index >= 15 is 0 Å². The number of esters is 2. The van der Waals surface area contributed by atoms with Gasteiger partial charge in [-0.25, -0.2) is 4.79 Å². The van der Waals surface area contributed by atoms with Crippen LogP contribution in [0.2, 0.25) is 0 Å². The normalized spacial score (nSPS) is 30.8. The van der Waals surface area contributed by atoms with E-state index in [2.05, 4.69) is 0 Å². The monoisotopic (exact) mass is 333 g/mol. The summed E-state index contributed by atoms with van der Waals surface area (Å²) in [6, 6.07) is 6.48. The van der Waals surface area contributed by atoms with Gasteiger partial charge in [-0.15, -0.1) is 0 Å². The molecular formula is C17H19NO6. The van der Waals surface area contributed by atoms with Crippen molar-refractivity contribution in [3.63, 3.8) is 0 Å². The largest absolute Gasteiger partial charge is 0.467 e. The number of hydrogen-bond donors (Lipinski definition) is 1. The number of aliphatic hydroxyl groups is 1. The summed E-state index contributed by atoms with van der Waals surface area (Å²) >= 11 is 0. The lowest BCUT2D eigenvalue weighted by Gasteiger charge is -2.36. The van der Waals surface area contributed by atoms with E-state index in [1.165, 1.54) is 14.0 Å². The van der Waals surface area contributed by atoms with E-state index in [4.69, 9.17) is 9.47 Å².